The van der Waals surface area contributed by atoms with Gasteiger partial charge in [-0.15, -0.1) is 0 Å². The number of piperidine rings is 1. The van der Waals surface area contributed by atoms with Crippen molar-refractivity contribution < 1.29 is 15.0 Å². The normalized spacial score (nSPS) is 41.1. The van der Waals surface area contributed by atoms with E-state index in [-0.39, 0.29) is 0 Å². The predicted octanol–water partition coefficient (Wildman–Crippen LogP) is -0.496. The number of aliphatic carboxylic acids is 1. The van der Waals surface area contributed by atoms with Crippen molar-refractivity contribution in [3.05, 3.63) is 0 Å². The third-order valence-corrected chi connectivity index (χ3v) is 3.77. The first kappa shape index (κ1) is 11.8. The van der Waals surface area contributed by atoms with E-state index in [1.165, 1.54) is 0 Å². The molecule has 0 radical (unpaired) electrons. The van der Waals surface area contributed by atoms with Gasteiger partial charge in [0, 0.05) is 19.0 Å². The van der Waals surface area contributed by atoms with E-state index >= 15 is 0 Å². The number of likely N-dealkylation sites (tertiary alicyclic amines) is 1. The minimum absolute atomic E-state index is 0.291. The fraction of sp³-hybridized carbons (Fsp3) is 0.909. The summed E-state index contributed by atoms with van der Waals surface area (Å²) in [7, 11) is 0. The lowest BCUT2D eigenvalue weighted by Crippen LogP contribution is -2.52. The van der Waals surface area contributed by atoms with Gasteiger partial charge in [-0.1, -0.05) is 6.92 Å². The highest BCUT2D eigenvalue weighted by Crippen LogP contribution is 2.27. The fourth-order valence-electron chi connectivity index (χ4n) is 2.94. The van der Waals surface area contributed by atoms with Crippen LogP contribution in [-0.2, 0) is 4.79 Å². The second-order valence-electron chi connectivity index (χ2n) is 4.98. The van der Waals surface area contributed by atoms with Crippen molar-refractivity contribution >= 4 is 5.97 Å². The van der Waals surface area contributed by atoms with E-state index in [2.05, 4.69) is 12.2 Å². The second kappa shape index (κ2) is 4.69. The highest BCUT2D eigenvalue weighted by atomic mass is 16.4. The summed E-state index contributed by atoms with van der Waals surface area (Å²) in [5, 5.41) is 22.1. The highest BCUT2D eigenvalue weighted by Gasteiger charge is 2.41. The molecule has 0 bridgehead atoms. The van der Waals surface area contributed by atoms with Crippen LogP contribution in [0.25, 0.3) is 0 Å². The lowest BCUT2D eigenvalue weighted by atomic mass is 9.93. The minimum atomic E-state index is -0.803. The van der Waals surface area contributed by atoms with E-state index in [0.717, 1.165) is 19.5 Å². The molecule has 3 N–H and O–H groups in total. The molecule has 2 unspecified atom stereocenters. The average molecular weight is 228 g/mol. The maximum atomic E-state index is 11.1. The molecule has 16 heavy (non-hydrogen) atoms. The van der Waals surface area contributed by atoms with Gasteiger partial charge in [0.2, 0.25) is 0 Å². The van der Waals surface area contributed by atoms with Crippen LogP contribution in [0.5, 0.6) is 0 Å². The second-order valence-corrected chi connectivity index (χ2v) is 4.98. The van der Waals surface area contributed by atoms with Crippen LogP contribution < -0.4 is 5.32 Å². The summed E-state index contributed by atoms with van der Waals surface area (Å²) in [4.78, 5) is 13.1. The first-order valence-corrected chi connectivity index (χ1v) is 5.97. The monoisotopic (exact) mass is 228 g/mol. The fourth-order valence-corrected chi connectivity index (χ4v) is 2.94. The summed E-state index contributed by atoms with van der Waals surface area (Å²) < 4.78 is 0. The molecule has 0 aliphatic carbocycles. The SMILES string of the molecule is CC1CNCCC1N1C[C@H](O)C[C@H]1C(=O)O. The van der Waals surface area contributed by atoms with Crippen LogP contribution in [0.2, 0.25) is 0 Å². The Kier molecular flexibility index (Phi) is 3.47. The number of hydrogen-bond acceptors (Lipinski definition) is 4. The third kappa shape index (κ3) is 2.21. The molecule has 5 heteroatoms. The number of aliphatic hydroxyl groups excluding tert-OH is 1. The summed E-state index contributed by atoms with van der Waals surface area (Å²) in [6.45, 7) is 4.52. The van der Waals surface area contributed by atoms with Gasteiger partial charge in [-0.2, -0.15) is 0 Å². The summed E-state index contributed by atoms with van der Waals surface area (Å²) in [6.07, 6.45) is 0.854. The van der Waals surface area contributed by atoms with E-state index in [4.69, 9.17) is 5.11 Å². The molecule has 2 saturated heterocycles. The molecule has 0 saturated carbocycles. The lowest BCUT2D eigenvalue weighted by molar-refractivity contribution is -0.143. The predicted molar refractivity (Wildman–Crippen MR) is 59.2 cm³/mol. The van der Waals surface area contributed by atoms with Gasteiger partial charge in [0.15, 0.2) is 0 Å². The van der Waals surface area contributed by atoms with Crippen LogP contribution in [0, 0.1) is 5.92 Å². The summed E-state index contributed by atoms with van der Waals surface area (Å²) in [6, 6.07) is -0.208. The molecule has 4 atom stereocenters. The van der Waals surface area contributed by atoms with E-state index in [1.807, 2.05) is 4.90 Å². The number of nitrogens with zero attached hydrogens (tertiary/aromatic N) is 1. The van der Waals surface area contributed by atoms with Crippen LogP contribution >= 0.6 is 0 Å². The van der Waals surface area contributed by atoms with E-state index in [0.29, 0.717) is 24.9 Å². The van der Waals surface area contributed by atoms with Crippen molar-refractivity contribution in [2.24, 2.45) is 5.92 Å². The zero-order valence-electron chi connectivity index (χ0n) is 9.59. The molecular weight excluding hydrogens is 208 g/mol. The number of carboxylic acids is 1. The van der Waals surface area contributed by atoms with E-state index in [1.54, 1.807) is 0 Å². The Hall–Kier alpha value is -0.650. The van der Waals surface area contributed by atoms with E-state index < -0.39 is 18.1 Å². The first-order chi connectivity index (χ1) is 7.59. The lowest BCUT2D eigenvalue weighted by Gasteiger charge is -2.38. The molecule has 0 amide bonds. The zero-order valence-corrected chi connectivity index (χ0v) is 9.59. The molecule has 92 valence electrons. The maximum absolute atomic E-state index is 11.1. The van der Waals surface area contributed by atoms with Crippen molar-refractivity contribution in [1.29, 1.82) is 0 Å². The molecule has 2 fully saturated rings. The van der Waals surface area contributed by atoms with Crippen molar-refractivity contribution in [2.45, 2.75) is 38.0 Å². The van der Waals surface area contributed by atoms with Gasteiger partial charge in [0.05, 0.1) is 6.10 Å². The average Bonchev–Trinajstić information content (AvgIpc) is 2.61. The van der Waals surface area contributed by atoms with E-state index in [9.17, 15) is 9.90 Å². The van der Waals surface area contributed by atoms with Gasteiger partial charge in [0.25, 0.3) is 0 Å². The van der Waals surface area contributed by atoms with Crippen LogP contribution in [0.3, 0.4) is 0 Å². The van der Waals surface area contributed by atoms with Gasteiger partial charge in [-0.05, 0) is 25.4 Å². The van der Waals surface area contributed by atoms with Crippen LogP contribution in [-0.4, -0.2) is 58.9 Å². The Labute approximate surface area is 95.4 Å². The molecule has 0 aromatic heterocycles. The molecule has 2 heterocycles. The van der Waals surface area contributed by atoms with Crippen molar-refractivity contribution in [1.82, 2.24) is 10.2 Å². The number of carboxylic acid groups (broad SMARTS) is 1. The maximum Gasteiger partial charge on any atom is 0.321 e. The minimum Gasteiger partial charge on any atom is -0.480 e. The summed E-state index contributed by atoms with van der Waals surface area (Å²) >= 11 is 0. The number of β-amino-alcohol motifs (C(OH)–C–C–N with tert-alkyl or cyclic N) is 1. The Bertz CT molecular complexity index is 272. The molecule has 2 aliphatic rings. The highest BCUT2D eigenvalue weighted by molar-refractivity contribution is 5.74. The first-order valence-electron chi connectivity index (χ1n) is 5.97. The largest absolute Gasteiger partial charge is 0.480 e. The van der Waals surface area contributed by atoms with Gasteiger partial charge in [-0.25, -0.2) is 0 Å². The standard InChI is InChI=1S/C11H20N2O3/c1-7-5-12-3-2-9(7)13-6-8(14)4-10(13)11(15)16/h7-10,12,14H,2-6H2,1H3,(H,15,16)/t7?,8-,9?,10+/m1/s1. The van der Waals surface area contributed by atoms with Gasteiger partial charge in [0.1, 0.15) is 6.04 Å². The summed E-state index contributed by atoms with van der Waals surface area (Å²) in [5.41, 5.74) is 0. The van der Waals surface area contributed by atoms with Crippen molar-refractivity contribution in [2.75, 3.05) is 19.6 Å². The van der Waals surface area contributed by atoms with Crippen LogP contribution in [0.15, 0.2) is 0 Å². The number of nitrogens with one attached hydrogen (secondary N) is 1. The van der Waals surface area contributed by atoms with Gasteiger partial charge >= 0.3 is 5.97 Å². The molecule has 0 aromatic rings. The number of hydrogen-bond donors (Lipinski definition) is 3. The summed E-state index contributed by atoms with van der Waals surface area (Å²) in [5.74, 6) is -0.358. The Morgan fingerprint density at radius 1 is 1.50 bits per heavy atom. The number of carbonyl (C=O) groups is 1. The van der Waals surface area contributed by atoms with Crippen LogP contribution in [0.1, 0.15) is 19.8 Å². The molecule has 2 aliphatic heterocycles. The van der Waals surface area contributed by atoms with Gasteiger partial charge < -0.3 is 15.5 Å². The van der Waals surface area contributed by atoms with Gasteiger partial charge in [-0.3, -0.25) is 9.69 Å². The molecule has 0 spiro atoms. The molecule has 2 rings (SSSR count). The van der Waals surface area contributed by atoms with Crippen molar-refractivity contribution in [3.8, 4) is 0 Å². The molecule has 0 aromatic carbocycles. The topological polar surface area (TPSA) is 72.8 Å². The quantitative estimate of drug-likeness (QED) is 0.594. The smallest absolute Gasteiger partial charge is 0.321 e. The zero-order chi connectivity index (χ0) is 11.7. The van der Waals surface area contributed by atoms with Crippen LogP contribution in [0.4, 0.5) is 0 Å². The Balaban J connectivity index is 2.08. The Morgan fingerprint density at radius 2 is 2.25 bits per heavy atom. The molecule has 5 nitrogen and oxygen atoms in total. The Morgan fingerprint density at radius 3 is 2.88 bits per heavy atom. The number of aliphatic hydroxyl groups is 1. The molecular formula is C11H20N2O3. The number of rotatable bonds is 2. The third-order valence-electron chi connectivity index (χ3n) is 3.77. The van der Waals surface area contributed by atoms with Crippen molar-refractivity contribution in [3.63, 3.8) is 0 Å².